The third-order valence-electron chi connectivity index (χ3n) is 16.6. The Bertz CT molecular complexity index is 1800. The predicted molar refractivity (Wildman–Crippen MR) is 211 cm³/mol. The van der Waals surface area contributed by atoms with E-state index in [0.29, 0.717) is 18.8 Å². The van der Waals surface area contributed by atoms with E-state index < -0.39 is 40.7 Å². The van der Waals surface area contributed by atoms with Gasteiger partial charge in [-0.15, -0.1) is 0 Å². The van der Waals surface area contributed by atoms with Gasteiger partial charge in [0.15, 0.2) is 5.78 Å². The van der Waals surface area contributed by atoms with Gasteiger partial charge in [0.1, 0.15) is 6.10 Å². The van der Waals surface area contributed by atoms with E-state index >= 15 is 0 Å². The van der Waals surface area contributed by atoms with Gasteiger partial charge in [-0.3, -0.25) is 19.2 Å². The fourth-order valence-electron chi connectivity index (χ4n) is 13.5. The number of aliphatic hydroxyl groups is 1. The molecule has 10 nitrogen and oxygen atoms in total. The number of fused-ring (bicyclic) bond motifs is 7. The number of esters is 1. The number of hydrogen-bond acceptors (Lipinski definition) is 7. The topological polar surface area (TPSA) is 159 Å². The number of carboxylic acids is 2. The van der Waals surface area contributed by atoms with Gasteiger partial charge in [-0.05, 0) is 116 Å². The van der Waals surface area contributed by atoms with Crippen LogP contribution in [0.15, 0.2) is 41.5 Å². The molecule has 0 heterocycles. The van der Waals surface area contributed by atoms with E-state index in [1.165, 1.54) is 4.90 Å². The lowest BCUT2D eigenvalue weighted by molar-refractivity contribution is -0.235. The van der Waals surface area contributed by atoms with E-state index in [1.54, 1.807) is 13.8 Å². The van der Waals surface area contributed by atoms with Crippen molar-refractivity contribution in [2.45, 2.75) is 145 Å². The number of allylic oxidation sites excluding steroid dienone is 1. The van der Waals surface area contributed by atoms with Crippen LogP contribution < -0.4 is 0 Å². The Hall–Kier alpha value is -3.53. The minimum atomic E-state index is -1.57. The number of ketones is 1. The second-order valence-corrected chi connectivity index (χ2v) is 20.5. The number of carbonyl (C=O) groups excluding carboxylic acids is 3. The first-order chi connectivity index (χ1) is 26.0. The van der Waals surface area contributed by atoms with Gasteiger partial charge in [0, 0.05) is 30.3 Å². The molecule has 0 spiro atoms. The van der Waals surface area contributed by atoms with Crippen LogP contribution in [0.5, 0.6) is 0 Å². The fourth-order valence-corrected chi connectivity index (χ4v) is 13.5. The normalized spacial score (nSPS) is 35.4. The number of aliphatic hydroxyl groups excluding tert-OH is 1. The van der Waals surface area contributed by atoms with E-state index in [4.69, 9.17) is 4.74 Å². The number of carbonyl (C=O) groups is 5. The highest BCUT2D eigenvalue weighted by Gasteiger charge is 2.71. The Morgan fingerprint density at radius 3 is 2.14 bits per heavy atom. The predicted octanol–water partition coefficient (Wildman–Crippen LogP) is 7.85. The van der Waals surface area contributed by atoms with E-state index in [-0.39, 0.29) is 77.2 Å². The maximum absolute atomic E-state index is 14.2. The zero-order valence-electron chi connectivity index (χ0n) is 35.1. The van der Waals surface area contributed by atoms with Crippen molar-refractivity contribution in [1.82, 2.24) is 4.90 Å². The van der Waals surface area contributed by atoms with Gasteiger partial charge in [0.2, 0.25) is 0 Å². The largest absolute Gasteiger partial charge is 0.481 e. The molecule has 6 rings (SSSR count). The SMILES string of the molecule is CC(C)C1=C2C3CCC4C5(C)CCC(OC(=O)CC(C)(C)C(=O)O)C(C)(C)C5CCC4(C)C3(C)CCC2(C(O)CN(Cc2ccccc2)C(=O)C(=O)O)CC1=O. The molecule has 5 aliphatic carbocycles. The summed E-state index contributed by atoms with van der Waals surface area (Å²) in [7, 11) is 0. The van der Waals surface area contributed by atoms with E-state index in [9.17, 15) is 39.3 Å². The van der Waals surface area contributed by atoms with Crippen molar-refractivity contribution in [1.29, 1.82) is 0 Å². The molecule has 3 N–H and O–H groups in total. The average Bonchev–Trinajstić information content (AvgIpc) is 3.42. The zero-order valence-corrected chi connectivity index (χ0v) is 35.1. The number of hydrogen-bond donors (Lipinski definition) is 3. The fraction of sp³-hybridized carbons (Fsp3) is 0.717. The molecule has 10 heteroatoms. The molecule has 0 saturated heterocycles. The summed E-state index contributed by atoms with van der Waals surface area (Å²) in [5.41, 5.74) is -0.0425. The first kappa shape index (κ1) is 42.1. The minimum Gasteiger partial charge on any atom is -0.481 e. The van der Waals surface area contributed by atoms with E-state index in [1.807, 2.05) is 30.3 Å². The van der Waals surface area contributed by atoms with Crippen molar-refractivity contribution >= 4 is 29.6 Å². The van der Waals surface area contributed by atoms with Crippen molar-refractivity contribution in [3.05, 3.63) is 47.0 Å². The van der Waals surface area contributed by atoms with Crippen molar-refractivity contribution < 1.29 is 44.0 Å². The molecule has 308 valence electrons. The van der Waals surface area contributed by atoms with Crippen LogP contribution in [-0.4, -0.2) is 68.6 Å². The number of Topliss-reactive ketones (excluding diaryl/α,β-unsaturated/α-hetero) is 1. The molecule has 1 aromatic carbocycles. The summed E-state index contributed by atoms with van der Waals surface area (Å²) < 4.78 is 6.15. The van der Waals surface area contributed by atoms with Crippen LogP contribution >= 0.6 is 0 Å². The number of nitrogens with zero attached hydrogens (tertiary/aromatic N) is 1. The molecule has 56 heavy (non-hydrogen) atoms. The monoisotopic (exact) mass is 775 g/mol. The first-order valence-electron chi connectivity index (χ1n) is 20.9. The molecule has 1 aromatic rings. The molecule has 4 fully saturated rings. The average molecular weight is 776 g/mol. The minimum absolute atomic E-state index is 0.0301. The number of carboxylic acid groups (broad SMARTS) is 2. The van der Waals surface area contributed by atoms with Crippen LogP contribution in [0.3, 0.4) is 0 Å². The van der Waals surface area contributed by atoms with Crippen LogP contribution in [0, 0.1) is 56.2 Å². The molecule has 9 unspecified atom stereocenters. The van der Waals surface area contributed by atoms with Crippen LogP contribution in [0.1, 0.15) is 132 Å². The van der Waals surface area contributed by atoms with Crippen LogP contribution in [0.25, 0.3) is 0 Å². The number of ether oxygens (including phenoxy) is 1. The van der Waals surface area contributed by atoms with Gasteiger partial charge in [-0.2, -0.15) is 0 Å². The summed E-state index contributed by atoms with van der Waals surface area (Å²) in [6.07, 6.45) is 5.35. The third-order valence-corrected chi connectivity index (χ3v) is 16.6. The molecule has 4 saturated carbocycles. The van der Waals surface area contributed by atoms with Crippen LogP contribution in [0.4, 0.5) is 0 Å². The standard InChI is InChI=1S/C46H65NO9/c1-27(2)36-30(48)23-46(33(49)26-47(38(51)39(52)53)25-28-13-11-10-12-14-28)22-21-44(8)29(37(36)46)15-16-32-43(7)19-18-34(56-35(50)24-41(3,4)40(54)55)42(5,6)31(43)17-20-45(32,44)9/h10-14,27,29,31-34,49H,15-26H2,1-9H3,(H,52,53)(H,54,55). The quantitative estimate of drug-likeness (QED) is 0.159. The van der Waals surface area contributed by atoms with Crippen molar-refractivity contribution in [2.24, 2.45) is 56.2 Å². The smallest absolute Gasteiger partial charge is 0.394 e. The number of amides is 1. The maximum atomic E-state index is 14.2. The van der Waals surface area contributed by atoms with Gasteiger partial charge < -0.3 is 25.0 Å². The Kier molecular flexibility index (Phi) is 10.8. The summed E-state index contributed by atoms with van der Waals surface area (Å²) in [5.74, 6) is -3.40. The summed E-state index contributed by atoms with van der Waals surface area (Å²) in [4.78, 5) is 65.4. The Balaban J connectivity index is 1.30. The van der Waals surface area contributed by atoms with Gasteiger partial charge >= 0.3 is 23.8 Å². The molecular weight excluding hydrogens is 711 g/mol. The third kappa shape index (κ3) is 6.54. The van der Waals surface area contributed by atoms with Crippen molar-refractivity contribution in [3.8, 4) is 0 Å². The number of benzene rings is 1. The molecule has 0 radical (unpaired) electrons. The molecule has 0 bridgehead atoms. The number of aliphatic carboxylic acids is 2. The molecule has 1 amide bonds. The van der Waals surface area contributed by atoms with E-state index in [0.717, 1.165) is 55.2 Å². The summed E-state index contributed by atoms with van der Waals surface area (Å²) in [6.45, 7) is 18.9. The Labute approximate surface area is 332 Å². The molecular formula is C46H65NO9. The summed E-state index contributed by atoms with van der Waals surface area (Å²) in [6, 6.07) is 9.18. The van der Waals surface area contributed by atoms with Crippen molar-refractivity contribution in [3.63, 3.8) is 0 Å². The highest BCUT2D eigenvalue weighted by Crippen LogP contribution is 2.77. The first-order valence-corrected chi connectivity index (χ1v) is 20.9. The highest BCUT2D eigenvalue weighted by molar-refractivity contribution is 6.31. The van der Waals surface area contributed by atoms with Gasteiger partial charge in [0.25, 0.3) is 0 Å². The zero-order chi connectivity index (χ0) is 41.4. The lowest BCUT2D eigenvalue weighted by atomic mass is 9.33. The molecule has 9 atom stereocenters. The molecule has 5 aliphatic rings. The second-order valence-electron chi connectivity index (χ2n) is 20.5. The van der Waals surface area contributed by atoms with Crippen LogP contribution in [-0.2, 0) is 35.3 Å². The van der Waals surface area contributed by atoms with Gasteiger partial charge in [-0.1, -0.05) is 84.4 Å². The Morgan fingerprint density at radius 2 is 1.54 bits per heavy atom. The molecule has 0 aromatic heterocycles. The second kappa shape index (κ2) is 14.4. The summed E-state index contributed by atoms with van der Waals surface area (Å²) in [5, 5.41) is 31.8. The number of rotatable bonds is 10. The lowest BCUT2D eigenvalue weighted by Crippen LogP contribution is -2.66. The lowest BCUT2D eigenvalue weighted by Gasteiger charge is -2.72. The molecule has 0 aliphatic heterocycles. The Morgan fingerprint density at radius 1 is 0.875 bits per heavy atom. The summed E-state index contributed by atoms with van der Waals surface area (Å²) >= 11 is 0. The van der Waals surface area contributed by atoms with E-state index in [2.05, 4.69) is 48.5 Å². The highest BCUT2D eigenvalue weighted by atomic mass is 16.5. The van der Waals surface area contributed by atoms with Gasteiger partial charge in [-0.25, -0.2) is 4.79 Å². The van der Waals surface area contributed by atoms with Gasteiger partial charge in [0.05, 0.1) is 17.9 Å². The van der Waals surface area contributed by atoms with Crippen molar-refractivity contribution in [2.75, 3.05) is 6.54 Å². The maximum Gasteiger partial charge on any atom is 0.394 e. The van der Waals surface area contributed by atoms with Crippen LogP contribution in [0.2, 0.25) is 0 Å².